The number of ether oxygens (including phenoxy) is 3. The van der Waals surface area contributed by atoms with E-state index in [1.807, 2.05) is 7.05 Å². The first-order valence-electron chi connectivity index (χ1n) is 15.0. The van der Waals surface area contributed by atoms with Gasteiger partial charge < -0.3 is 34.9 Å². The van der Waals surface area contributed by atoms with E-state index in [1.54, 1.807) is 12.1 Å². The van der Waals surface area contributed by atoms with Crippen LogP contribution in [0.4, 0.5) is 27.9 Å². The Kier molecular flexibility index (Phi) is 12.6. The van der Waals surface area contributed by atoms with Gasteiger partial charge in [0.05, 0.1) is 33.0 Å². The van der Waals surface area contributed by atoms with Gasteiger partial charge in [0.15, 0.2) is 11.6 Å². The number of aliphatic hydroxyl groups is 1. The molecule has 0 spiro atoms. The van der Waals surface area contributed by atoms with Crippen LogP contribution < -0.4 is 20.3 Å². The second-order valence-corrected chi connectivity index (χ2v) is 10.6. The van der Waals surface area contributed by atoms with E-state index in [9.17, 15) is 4.39 Å². The summed E-state index contributed by atoms with van der Waals surface area (Å²) in [6.45, 7) is 6.67. The molecule has 1 aromatic carbocycles. The zero-order valence-electron chi connectivity index (χ0n) is 24.5. The van der Waals surface area contributed by atoms with Gasteiger partial charge in [0.25, 0.3) is 0 Å². The third kappa shape index (κ3) is 9.63. The van der Waals surface area contributed by atoms with Crippen LogP contribution in [0.15, 0.2) is 18.2 Å². The molecule has 3 N–H and O–H groups in total. The zero-order chi connectivity index (χ0) is 28.9. The summed E-state index contributed by atoms with van der Waals surface area (Å²) in [5, 5.41) is 15.3. The molecule has 228 valence electrons. The summed E-state index contributed by atoms with van der Waals surface area (Å²) in [5.41, 5.74) is 0.517. The Morgan fingerprint density at radius 1 is 0.976 bits per heavy atom. The first-order chi connectivity index (χ1) is 20.1. The van der Waals surface area contributed by atoms with Gasteiger partial charge in [-0.1, -0.05) is 26.2 Å². The van der Waals surface area contributed by atoms with Gasteiger partial charge in [0.1, 0.15) is 6.61 Å². The molecular formula is C29H46FN7O4. The summed E-state index contributed by atoms with van der Waals surface area (Å²) in [5.74, 6) is 1.14. The fourth-order valence-electron chi connectivity index (χ4n) is 5.46. The lowest BCUT2D eigenvalue weighted by atomic mass is 9.95. The molecule has 1 aliphatic heterocycles. The number of nitrogens with one attached hydrogen (secondary N) is 2. The van der Waals surface area contributed by atoms with Crippen molar-refractivity contribution in [1.29, 1.82) is 0 Å². The molecule has 0 radical (unpaired) electrons. The molecule has 4 rings (SSSR count). The van der Waals surface area contributed by atoms with E-state index in [4.69, 9.17) is 29.3 Å². The van der Waals surface area contributed by atoms with Crippen LogP contribution in [0.25, 0.3) is 0 Å². The Morgan fingerprint density at radius 2 is 1.73 bits per heavy atom. The van der Waals surface area contributed by atoms with Crippen molar-refractivity contribution >= 4 is 23.5 Å². The van der Waals surface area contributed by atoms with E-state index in [0.717, 1.165) is 38.9 Å². The molecule has 2 aliphatic rings. The highest BCUT2D eigenvalue weighted by atomic mass is 19.1. The Morgan fingerprint density at radius 3 is 2.49 bits per heavy atom. The number of rotatable bonds is 17. The lowest BCUT2D eigenvalue weighted by molar-refractivity contribution is 0.0244. The van der Waals surface area contributed by atoms with Crippen molar-refractivity contribution in [2.24, 2.45) is 0 Å². The van der Waals surface area contributed by atoms with E-state index in [2.05, 4.69) is 32.3 Å². The number of anilines is 4. The van der Waals surface area contributed by atoms with Crippen LogP contribution in [-0.2, 0) is 9.47 Å². The lowest BCUT2D eigenvalue weighted by Gasteiger charge is -2.31. The second-order valence-electron chi connectivity index (χ2n) is 10.6. The summed E-state index contributed by atoms with van der Waals surface area (Å²) in [4.78, 5) is 18.8. The highest BCUT2D eigenvalue weighted by Gasteiger charge is 2.24. The predicted molar refractivity (Wildman–Crippen MR) is 158 cm³/mol. The SMILES string of the molecule is CCN1CCCC1CNc1nc(Nc2ccc(OCCOCCOCCO)c(F)c2)nc(N(C)C2CCCCC2)n1. The van der Waals surface area contributed by atoms with E-state index in [1.165, 1.54) is 31.7 Å². The Labute approximate surface area is 242 Å². The third-order valence-electron chi connectivity index (χ3n) is 7.74. The molecule has 1 aromatic heterocycles. The van der Waals surface area contributed by atoms with Gasteiger partial charge >= 0.3 is 0 Å². The molecule has 0 amide bonds. The number of hydrogen-bond donors (Lipinski definition) is 3. The lowest BCUT2D eigenvalue weighted by Crippen LogP contribution is -2.36. The number of nitrogens with zero attached hydrogens (tertiary/aromatic N) is 5. The fraction of sp³-hybridized carbons (Fsp3) is 0.690. The highest BCUT2D eigenvalue weighted by molar-refractivity contribution is 5.57. The minimum Gasteiger partial charge on any atom is -0.488 e. The smallest absolute Gasteiger partial charge is 0.233 e. The minimum absolute atomic E-state index is 0.0183. The van der Waals surface area contributed by atoms with E-state index in [-0.39, 0.29) is 25.6 Å². The molecular weight excluding hydrogens is 529 g/mol. The fourth-order valence-corrected chi connectivity index (χ4v) is 5.46. The van der Waals surface area contributed by atoms with Crippen LogP contribution in [0.3, 0.4) is 0 Å². The number of hydrogen-bond acceptors (Lipinski definition) is 11. The Bertz CT molecular complexity index is 1060. The zero-order valence-corrected chi connectivity index (χ0v) is 24.5. The van der Waals surface area contributed by atoms with Crippen LogP contribution >= 0.6 is 0 Å². The van der Waals surface area contributed by atoms with Crippen LogP contribution in [0, 0.1) is 5.82 Å². The van der Waals surface area contributed by atoms with Gasteiger partial charge in [-0.25, -0.2) is 4.39 Å². The van der Waals surface area contributed by atoms with Crippen molar-refractivity contribution in [3.8, 4) is 5.75 Å². The average Bonchev–Trinajstić information content (AvgIpc) is 3.46. The van der Waals surface area contributed by atoms with Crippen LogP contribution in [0.1, 0.15) is 51.9 Å². The second kappa shape index (κ2) is 16.6. The van der Waals surface area contributed by atoms with Gasteiger partial charge in [0, 0.05) is 37.4 Å². The molecule has 1 saturated carbocycles. The van der Waals surface area contributed by atoms with E-state index in [0.29, 0.717) is 55.4 Å². The molecule has 1 saturated heterocycles. The van der Waals surface area contributed by atoms with Gasteiger partial charge in [-0.3, -0.25) is 4.90 Å². The predicted octanol–water partition coefficient (Wildman–Crippen LogP) is 3.82. The number of aromatic nitrogens is 3. The number of benzene rings is 1. The normalized spacial score (nSPS) is 18.0. The summed E-state index contributed by atoms with van der Waals surface area (Å²) in [7, 11) is 2.05. The van der Waals surface area contributed by atoms with Crippen LogP contribution in [0.5, 0.6) is 5.75 Å². The standard InChI is InChI=1S/C29H46FN7O4/c1-3-37-13-7-10-24(37)21-31-27-33-28(35-29(34-27)36(2)23-8-5-4-6-9-23)32-22-11-12-26(25(30)20-22)41-19-18-40-17-16-39-15-14-38/h11-12,20,23-24,38H,3-10,13-19,21H2,1-2H3,(H2,31,32,33,34,35). The van der Waals surface area contributed by atoms with Gasteiger partial charge in [-0.05, 0) is 50.9 Å². The van der Waals surface area contributed by atoms with Crippen molar-refractivity contribution in [2.45, 2.75) is 64.0 Å². The van der Waals surface area contributed by atoms with Crippen molar-refractivity contribution in [3.63, 3.8) is 0 Å². The topological polar surface area (TPSA) is 117 Å². The molecule has 2 aromatic rings. The third-order valence-corrected chi connectivity index (χ3v) is 7.74. The highest BCUT2D eigenvalue weighted by Crippen LogP contribution is 2.27. The molecule has 2 fully saturated rings. The monoisotopic (exact) mass is 575 g/mol. The largest absolute Gasteiger partial charge is 0.488 e. The molecule has 1 unspecified atom stereocenters. The maximum atomic E-state index is 14.8. The molecule has 1 aliphatic carbocycles. The number of likely N-dealkylation sites (tertiary alicyclic amines) is 1. The molecule has 41 heavy (non-hydrogen) atoms. The summed E-state index contributed by atoms with van der Waals surface area (Å²) in [6, 6.07) is 5.54. The number of halogens is 1. The van der Waals surface area contributed by atoms with Crippen LogP contribution in [0.2, 0.25) is 0 Å². The average molecular weight is 576 g/mol. The van der Waals surface area contributed by atoms with Crippen molar-refractivity contribution in [2.75, 3.05) is 81.9 Å². The molecule has 0 bridgehead atoms. The first kappa shape index (κ1) is 31.1. The summed E-state index contributed by atoms with van der Waals surface area (Å²) in [6.07, 6.45) is 8.30. The molecule has 12 heteroatoms. The Hall–Kier alpha value is -2.80. The quantitative estimate of drug-likeness (QED) is 0.239. The number of likely N-dealkylation sites (N-methyl/N-ethyl adjacent to an activating group) is 1. The maximum absolute atomic E-state index is 14.8. The molecule has 11 nitrogen and oxygen atoms in total. The van der Waals surface area contributed by atoms with Gasteiger partial charge in [-0.15, -0.1) is 0 Å². The van der Waals surface area contributed by atoms with Crippen molar-refractivity contribution in [1.82, 2.24) is 19.9 Å². The first-order valence-corrected chi connectivity index (χ1v) is 15.0. The van der Waals surface area contributed by atoms with Crippen LogP contribution in [-0.4, -0.2) is 103 Å². The molecule has 2 heterocycles. The minimum atomic E-state index is -0.492. The number of aliphatic hydroxyl groups excluding tert-OH is 1. The van der Waals surface area contributed by atoms with Crippen molar-refractivity contribution < 1.29 is 23.7 Å². The maximum Gasteiger partial charge on any atom is 0.233 e. The van der Waals surface area contributed by atoms with Crippen molar-refractivity contribution in [3.05, 3.63) is 24.0 Å². The molecule has 1 atom stereocenters. The Balaban J connectivity index is 1.39. The van der Waals surface area contributed by atoms with E-state index < -0.39 is 5.82 Å². The summed E-state index contributed by atoms with van der Waals surface area (Å²) < 4.78 is 30.9. The van der Waals surface area contributed by atoms with E-state index >= 15 is 0 Å². The van der Waals surface area contributed by atoms with Gasteiger partial charge in [0.2, 0.25) is 17.8 Å². The van der Waals surface area contributed by atoms with Gasteiger partial charge in [-0.2, -0.15) is 15.0 Å². The summed E-state index contributed by atoms with van der Waals surface area (Å²) >= 11 is 0.